The lowest BCUT2D eigenvalue weighted by molar-refractivity contribution is 0.0919. The second-order valence-electron chi connectivity index (χ2n) is 7.34. The smallest absolute Gasteiger partial charge is 0.251 e. The summed E-state index contributed by atoms with van der Waals surface area (Å²) >= 11 is 0. The summed E-state index contributed by atoms with van der Waals surface area (Å²) in [4.78, 5) is 14.5. The summed E-state index contributed by atoms with van der Waals surface area (Å²) in [5, 5.41) is 2.96. The number of benzene rings is 1. The molecule has 1 amide bonds. The molecule has 0 atom stereocenters. The van der Waals surface area contributed by atoms with Crippen molar-refractivity contribution in [3.63, 3.8) is 0 Å². The van der Waals surface area contributed by atoms with Gasteiger partial charge in [-0.05, 0) is 38.5 Å². The molecule has 1 aromatic rings. The second kappa shape index (κ2) is 7.21. The van der Waals surface area contributed by atoms with Crippen molar-refractivity contribution >= 4 is 15.9 Å². The number of hydrogen-bond donors (Lipinski definition) is 1. The van der Waals surface area contributed by atoms with Gasteiger partial charge >= 0.3 is 0 Å². The second-order valence-corrected chi connectivity index (χ2v) is 9.33. The molecule has 0 aliphatic carbocycles. The van der Waals surface area contributed by atoms with Crippen molar-refractivity contribution in [2.45, 2.75) is 32.9 Å². The van der Waals surface area contributed by atoms with Gasteiger partial charge in [0.25, 0.3) is 5.91 Å². The molecule has 0 bridgehead atoms. The van der Waals surface area contributed by atoms with Gasteiger partial charge < -0.3 is 5.32 Å². The van der Waals surface area contributed by atoms with Crippen molar-refractivity contribution in [3.8, 4) is 0 Å². The number of sulfonamides is 1. The number of carbonyl (C=O) groups excluding carboxylic acids is 1. The molecule has 1 aromatic carbocycles. The highest BCUT2D eigenvalue weighted by Crippen LogP contribution is 2.13. The zero-order valence-corrected chi connectivity index (χ0v) is 15.7. The Hall–Kier alpha value is -1.44. The highest BCUT2D eigenvalue weighted by molar-refractivity contribution is 7.88. The van der Waals surface area contributed by atoms with Gasteiger partial charge in [-0.15, -0.1) is 0 Å². The van der Waals surface area contributed by atoms with E-state index in [1.807, 2.05) is 45.0 Å². The average Bonchev–Trinajstić information content (AvgIpc) is 2.45. The van der Waals surface area contributed by atoms with Crippen LogP contribution >= 0.6 is 0 Å². The Bertz CT molecular complexity index is 687. The van der Waals surface area contributed by atoms with Gasteiger partial charge in [-0.25, -0.2) is 8.42 Å². The normalized spacial score (nSPS) is 17.7. The molecule has 0 saturated carbocycles. The van der Waals surface area contributed by atoms with Crippen molar-refractivity contribution in [1.29, 1.82) is 0 Å². The third-order valence-electron chi connectivity index (χ3n) is 3.88. The van der Waals surface area contributed by atoms with Crippen LogP contribution in [0.2, 0.25) is 0 Å². The van der Waals surface area contributed by atoms with E-state index in [0.29, 0.717) is 38.3 Å². The molecule has 1 fully saturated rings. The summed E-state index contributed by atoms with van der Waals surface area (Å²) in [5.41, 5.74) is 1.44. The highest BCUT2D eigenvalue weighted by atomic mass is 32.2. The van der Waals surface area contributed by atoms with Crippen molar-refractivity contribution in [1.82, 2.24) is 14.5 Å². The molecule has 0 unspecified atom stereocenters. The maximum absolute atomic E-state index is 12.3. The van der Waals surface area contributed by atoms with E-state index >= 15 is 0 Å². The van der Waals surface area contributed by atoms with Gasteiger partial charge in [0, 0.05) is 43.8 Å². The molecular weight excluding hydrogens is 326 g/mol. The van der Waals surface area contributed by atoms with Gasteiger partial charge in [-0.3, -0.25) is 9.69 Å². The van der Waals surface area contributed by atoms with Crippen LogP contribution in [0.4, 0.5) is 0 Å². The van der Waals surface area contributed by atoms with Crippen LogP contribution in [-0.2, 0) is 16.6 Å². The van der Waals surface area contributed by atoms with E-state index in [1.54, 1.807) is 0 Å². The van der Waals surface area contributed by atoms with Gasteiger partial charge in [0.05, 0.1) is 6.26 Å². The molecule has 0 radical (unpaired) electrons. The predicted octanol–water partition coefficient (Wildman–Crippen LogP) is 1.29. The van der Waals surface area contributed by atoms with Gasteiger partial charge in [0.15, 0.2) is 0 Å². The summed E-state index contributed by atoms with van der Waals surface area (Å²) in [7, 11) is -3.10. The monoisotopic (exact) mass is 353 g/mol. The summed E-state index contributed by atoms with van der Waals surface area (Å²) in [6.45, 7) is 9.01. The van der Waals surface area contributed by atoms with Crippen LogP contribution in [0, 0.1) is 0 Å². The van der Waals surface area contributed by atoms with Gasteiger partial charge in [-0.1, -0.05) is 12.1 Å². The number of rotatable bonds is 4. The van der Waals surface area contributed by atoms with E-state index < -0.39 is 10.0 Å². The van der Waals surface area contributed by atoms with Crippen LogP contribution in [0.5, 0.6) is 0 Å². The minimum absolute atomic E-state index is 0.0776. The number of nitrogens with one attached hydrogen (secondary N) is 1. The fraction of sp³-hybridized carbons (Fsp3) is 0.588. The summed E-state index contributed by atoms with van der Waals surface area (Å²) in [6, 6.07) is 7.60. The quantitative estimate of drug-likeness (QED) is 0.886. The first-order chi connectivity index (χ1) is 11.0. The molecular formula is C17H27N3O3S. The van der Waals surface area contributed by atoms with Crippen LogP contribution in [0.3, 0.4) is 0 Å². The zero-order chi connectivity index (χ0) is 18.0. The van der Waals surface area contributed by atoms with E-state index in [-0.39, 0.29) is 11.4 Å². The molecule has 134 valence electrons. The van der Waals surface area contributed by atoms with Gasteiger partial charge in [0.1, 0.15) is 0 Å². The van der Waals surface area contributed by atoms with E-state index in [2.05, 4.69) is 10.2 Å². The van der Waals surface area contributed by atoms with Crippen molar-refractivity contribution in [3.05, 3.63) is 35.4 Å². The fourth-order valence-electron chi connectivity index (χ4n) is 2.70. The van der Waals surface area contributed by atoms with E-state index in [9.17, 15) is 13.2 Å². The number of carbonyl (C=O) groups is 1. The summed E-state index contributed by atoms with van der Waals surface area (Å²) in [5.74, 6) is -0.0776. The lowest BCUT2D eigenvalue weighted by Crippen LogP contribution is -2.47. The minimum atomic E-state index is -3.10. The van der Waals surface area contributed by atoms with Crippen molar-refractivity contribution in [2.75, 3.05) is 32.4 Å². The van der Waals surface area contributed by atoms with Crippen LogP contribution in [0.1, 0.15) is 36.7 Å². The lowest BCUT2D eigenvalue weighted by Gasteiger charge is -2.33. The predicted molar refractivity (Wildman–Crippen MR) is 95.4 cm³/mol. The maximum atomic E-state index is 12.3. The Morgan fingerprint density at radius 2 is 1.79 bits per heavy atom. The van der Waals surface area contributed by atoms with Crippen molar-refractivity contribution < 1.29 is 13.2 Å². The summed E-state index contributed by atoms with van der Waals surface area (Å²) in [6.07, 6.45) is 1.25. The first-order valence-corrected chi connectivity index (χ1v) is 9.98. The van der Waals surface area contributed by atoms with E-state index in [0.717, 1.165) is 5.56 Å². The molecule has 2 rings (SSSR count). The third kappa shape index (κ3) is 5.58. The molecule has 1 aliphatic rings. The molecule has 1 heterocycles. The molecule has 7 heteroatoms. The summed E-state index contributed by atoms with van der Waals surface area (Å²) < 4.78 is 24.6. The van der Waals surface area contributed by atoms with Crippen LogP contribution in [-0.4, -0.2) is 61.5 Å². The maximum Gasteiger partial charge on any atom is 0.251 e. The Labute approximate surface area is 144 Å². The molecule has 1 aliphatic heterocycles. The van der Waals surface area contributed by atoms with Crippen LogP contribution in [0.15, 0.2) is 24.3 Å². The Morgan fingerprint density at radius 3 is 2.33 bits per heavy atom. The molecule has 0 aromatic heterocycles. The SMILES string of the molecule is CC(C)(C)NC(=O)c1cccc(CN2CCN(S(C)(=O)=O)CC2)c1. The van der Waals surface area contributed by atoms with E-state index in [1.165, 1.54) is 10.6 Å². The fourth-order valence-corrected chi connectivity index (χ4v) is 3.53. The van der Waals surface area contributed by atoms with Crippen LogP contribution < -0.4 is 5.32 Å². The molecule has 1 N–H and O–H groups in total. The van der Waals surface area contributed by atoms with Crippen molar-refractivity contribution in [2.24, 2.45) is 0 Å². The largest absolute Gasteiger partial charge is 0.347 e. The highest BCUT2D eigenvalue weighted by Gasteiger charge is 2.23. The Morgan fingerprint density at radius 1 is 1.17 bits per heavy atom. The molecule has 24 heavy (non-hydrogen) atoms. The number of nitrogens with zero attached hydrogens (tertiary/aromatic N) is 2. The standard InChI is InChI=1S/C17H27N3O3S/c1-17(2,3)18-16(21)15-7-5-6-14(12-15)13-19-8-10-20(11-9-19)24(4,22)23/h5-7,12H,8-11,13H2,1-4H3,(H,18,21). The van der Waals surface area contributed by atoms with Gasteiger partial charge in [-0.2, -0.15) is 4.31 Å². The first kappa shape index (κ1) is 18.9. The van der Waals surface area contributed by atoms with E-state index in [4.69, 9.17) is 0 Å². The van der Waals surface area contributed by atoms with Crippen LogP contribution in [0.25, 0.3) is 0 Å². The third-order valence-corrected chi connectivity index (χ3v) is 5.19. The molecule has 0 spiro atoms. The number of hydrogen-bond acceptors (Lipinski definition) is 4. The Kier molecular flexibility index (Phi) is 5.67. The average molecular weight is 353 g/mol. The Balaban J connectivity index is 1.97. The topological polar surface area (TPSA) is 69.7 Å². The number of amides is 1. The van der Waals surface area contributed by atoms with Gasteiger partial charge in [0.2, 0.25) is 10.0 Å². The minimum Gasteiger partial charge on any atom is -0.347 e. The lowest BCUT2D eigenvalue weighted by atomic mass is 10.1. The molecule has 1 saturated heterocycles. The zero-order valence-electron chi connectivity index (χ0n) is 14.9. The molecule has 6 nitrogen and oxygen atoms in total. The first-order valence-electron chi connectivity index (χ1n) is 8.13. The number of piperazine rings is 1.